The second kappa shape index (κ2) is 10.0. The predicted octanol–water partition coefficient (Wildman–Crippen LogP) is 2.28. The number of carbonyl (C=O) groups excluding carboxylic acids is 3. The van der Waals surface area contributed by atoms with Crippen LogP contribution in [0.4, 0.5) is 14.5 Å². The number of hydrogen-bond donors (Lipinski definition) is 2. The van der Waals surface area contributed by atoms with E-state index in [0.29, 0.717) is 24.1 Å². The third-order valence-electron chi connectivity index (χ3n) is 3.39. The molecule has 28 heavy (non-hydrogen) atoms. The van der Waals surface area contributed by atoms with Gasteiger partial charge in [0.1, 0.15) is 23.9 Å². The molecule has 0 saturated carbocycles. The molecule has 0 radical (unpaired) electrons. The lowest BCUT2D eigenvalue weighted by molar-refractivity contribution is -0.146. The smallest absolute Gasteiger partial charge is 0.325 e. The highest BCUT2D eigenvalue weighted by Gasteiger charge is 2.15. The quantitative estimate of drug-likeness (QED) is 0.673. The number of ether oxygens (including phenoxy) is 2. The number of halogens is 2. The van der Waals surface area contributed by atoms with Crippen molar-refractivity contribution in [3.63, 3.8) is 0 Å². The maximum Gasteiger partial charge on any atom is 0.325 e. The molecule has 0 heterocycles. The Labute approximate surface area is 159 Å². The van der Waals surface area contributed by atoms with Crippen LogP contribution in [0.1, 0.15) is 17.3 Å². The van der Waals surface area contributed by atoms with Crippen LogP contribution < -0.4 is 15.4 Å². The van der Waals surface area contributed by atoms with Crippen LogP contribution >= 0.6 is 0 Å². The van der Waals surface area contributed by atoms with E-state index >= 15 is 0 Å². The first-order chi connectivity index (χ1) is 13.4. The molecule has 0 aliphatic rings. The topological polar surface area (TPSA) is 93.7 Å². The van der Waals surface area contributed by atoms with Gasteiger partial charge in [0.2, 0.25) is 0 Å². The molecule has 0 aromatic heterocycles. The largest absolute Gasteiger partial charge is 0.492 e. The minimum Gasteiger partial charge on any atom is -0.492 e. The highest BCUT2D eigenvalue weighted by Crippen LogP contribution is 2.23. The van der Waals surface area contributed by atoms with E-state index in [1.807, 2.05) is 0 Å². The minimum absolute atomic E-state index is 0.413. The van der Waals surface area contributed by atoms with E-state index in [2.05, 4.69) is 10.6 Å². The van der Waals surface area contributed by atoms with E-state index in [9.17, 15) is 23.2 Å². The molecule has 0 saturated heterocycles. The summed E-state index contributed by atoms with van der Waals surface area (Å²) in [6, 6.07) is 9.17. The average molecular weight is 392 g/mol. The molecule has 0 aliphatic heterocycles. The van der Waals surface area contributed by atoms with Gasteiger partial charge < -0.3 is 20.1 Å². The fraction of sp³-hybridized carbons (Fsp3) is 0.211. The first kappa shape index (κ1) is 20.8. The van der Waals surface area contributed by atoms with Crippen LogP contribution in [0.3, 0.4) is 0 Å². The molecule has 9 heteroatoms. The van der Waals surface area contributed by atoms with Gasteiger partial charge in [0, 0.05) is 6.07 Å². The summed E-state index contributed by atoms with van der Waals surface area (Å²) in [5.41, 5.74) is 0.00459. The molecule has 0 aliphatic carbocycles. The van der Waals surface area contributed by atoms with Crippen molar-refractivity contribution < 1.29 is 32.6 Å². The molecule has 7 nitrogen and oxygen atoms in total. The van der Waals surface area contributed by atoms with Crippen molar-refractivity contribution >= 4 is 23.5 Å². The Balaban J connectivity index is 1.79. The van der Waals surface area contributed by atoms with E-state index in [1.165, 1.54) is 0 Å². The molecular weight excluding hydrogens is 374 g/mol. The van der Waals surface area contributed by atoms with E-state index < -0.39 is 48.1 Å². The van der Waals surface area contributed by atoms with Crippen LogP contribution in [0, 0.1) is 11.6 Å². The van der Waals surface area contributed by atoms with Gasteiger partial charge in [-0.3, -0.25) is 14.4 Å². The Kier molecular flexibility index (Phi) is 7.44. The number of hydrogen-bond acceptors (Lipinski definition) is 5. The fourth-order valence-corrected chi connectivity index (χ4v) is 2.16. The van der Waals surface area contributed by atoms with Crippen molar-refractivity contribution in [2.24, 2.45) is 0 Å². The van der Waals surface area contributed by atoms with Crippen LogP contribution in [0.5, 0.6) is 5.75 Å². The number of benzene rings is 2. The maximum absolute atomic E-state index is 13.5. The van der Waals surface area contributed by atoms with Gasteiger partial charge in [0.05, 0.1) is 17.9 Å². The molecular formula is C19H18F2N2O5. The number of nitrogens with one attached hydrogen (secondary N) is 2. The molecule has 0 unspecified atom stereocenters. The average Bonchev–Trinajstić information content (AvgIpc) is 2.66. The lowest BCUT2D eigenvalue weighted by atomic mass is 10.2. The number of anilines is 1. The van der Waals surface area contributed by atoms with Crippen molar-refractivity contribution in [3.8, 4) is 5.75 Å². The number of para-hydroxylation sites is 2. The third-order valence-corrected chi connectivity index (χ3v) is 3.39. The lowest BCUT2D eigenvalue weighted by Crippen LogP contribution is -2.32. The van der Waals surface area contributed by atoms with Gasteiger partial charge >= 0.3 is 5.97 Å². The SMILES string of the molecule is CCOc1ccccc1NC(=O)COC(=O)CNC(=O)c1ccc(F)cc1F. The summed E-state index contributed by atoms with van der Waals surface area (Å²) >= 11 is 0. The van der Waals surface area contributed by atoms with Crippen molar-refractivity contribution in [2.75, 3.05) is 25.1 Å². The zero-order chi connectivity index (χ0) is 20.5. The zero-order valence-corrected chi connectivity index (χ0v) is 15.0. The summed E-state index contributed by atoms with van der Waals surface area (Å²) in [4.78, 5) is 35.3. The van der Waals surface area contributed by atoms with Gasteiger partial charge in [-0.15, -0.1) is 0 Å². The molecule has 2 N–H and O–H groups in total. The number of carbonyl (C=O) groups is 3. The third kappa shape index (κ3) is 6.04. The van der Waals surface area contributed by atoms with E-state index in [-0.39, 0.29) is 0 Å². The number of rotatable bonds is 8. The first-order valence-electron chi connectivity index (χ1n) is 8.31. The standard InChI is InChI=1S/C19H18F2N2O5/c1-2-27-16-6-4-3-5-15(16)23-17(24)11-28-18(25)10-22-19(26)13-8-7-12(20)9-14(13)21/h3-9H,2,10-11H2,1H3,(H,22,26)(H,23,24). The maximum atomic E-state index is 13.5. The fourth-order valence-electron chi connectivity index (χ4n) is 2.16. The summed E-state index contributed by atoms with van der Waals surface area (Å²) < 4.78 is 36.4. The summed E-state index contributed by atoms with van der Waals surface area (Å²) in [6.07, 6.45) is 0. The van der Waals surface area contributed by atoms with Gasteiger partial charge in [0.15, 0.2) is 6.61 Å². The molecule has 2 amide bonds. The monoisotopic (exact) mass is 392 g/mol. The molecule has 0 fully saturated rings. The lowest BCUT2D eigenvalue weighted by Gasteiger charge is -2.11. The van der Waals surface area contributed by atoms with Crippen LogP contribution in [-0.4, -0.2) is 37.5 Å². The predicted molar refractivity (Wildman–Crippen MR) is 95.9 cm³/mol. The van der Waals surface area contributed by atoms with Gasteiger partial charge in [0.25, 0.3) is 11.8 Å². The van der Waals surface area contributed by atoms with Crippen molar-refractivity contribution in [1.82, 2.24) is 5.32 Å². The number of amides is 2. The van der Waals surface area contributed by atoms with Gasteiger partial charge in [-0.25, -0.2) is 8.78 Å². The van der Waals surface area contributed by atoms with Crippen LogP contribution in [0.15, 0.2) is 42.5 Å². The molecule has 0 bridgehead atoms. The molecule has 2 rings (SSSR count). The normalized spacial score (nSPS) is 10.1. The molecule has 0 spiro atoms. The van der Waals surface area contributed by atoms with E-state index in [4.69, 9.17) is 9.47 Å². The summed E-state index contributed by atoms with van der Waals surface area (Å²) in [6.45, 7) is 1.04. The van der Waals surface area contributed by atoms with Gasteiger partial charge in [-0.05, 0) is 31.2 Å². The van der Waals surface area contributed by atoms with Crippen molar-refractivity contribution in [3.05, 3.63) is 59.7 Å². The Hall–Kier alpha value is -3.49. The highest BCUT2D eigenvalue weighted by molar-refractivity contribution is 5.97. The second-order valence-electron chi connectivity index (χ2n) is 5.44. The van der Waals surface area contributed by atoms with Crippen molar-refractivity contribution in [1.29, 1.82) is 0 Å². The summed E-state index contributed by atoms with van der Waals surface area (Å²) in [7, 11) is 0. The van der Waals surface area contributed by atoms with Crippen LogP contribution in [0.2, 0.25) is 0 Å². The number of esters is 1. The Morgan fingerprint density at radius 1 is 1.07 bits per heavy atom. The van der Waals surface area contributed by atoms with Crippen molar-refractivity contribution in [2.45, 2.75) is 6.92 Å². The minimum atomic E-state index is -1.06. The first-order valence-corrected chi connectivity index (χ1v) is 8.31. The van der Waals surface area contributed by atoms with Crippen LogP contribution in [0.25, 0.3) is 0 Å². The zero-order valence-electron chi connectivity index (χ0n) is 15.0. The molecule has 2 aromatic carbocycles. The van der Waals surface area contributed by atoms with E-state index in [0.717, 1.165) is 12.1 Å². The van der Waals surface area contributed by atoms with Gasteiger partial charge in [-0.1, -0.05) is 12.1 Å². The molecule has 0 atom stereocenters. The second-order valence-corrected chi connectivity index (χ2v) is 5.44. The molecule has 148 valence electrons. The van der Waals surface area contributed by atoms with Gasteiger partial charge in [-0.2, -0.15) is 0 Å². The highest BCUT2D eigenvalue weighted by atomic mass is 19.1. The summed E-state index contributed by atoms with van der Waals surface area (Å²) in [5, 5.41) is 4.67. The van der Waals surface area contributed by atoms with E-state index in [1.54, 1.807) is 31.2 Å². The van der Waals surface area contributed by atoms with Crippen LogP contribution in [-0.2, 0) is 14.3 Å². The Morgan fingerprint density at radius 3 is 2.54 bits per heavy atom. The summed E-state index contributed by atoms with van der Waals surface area (Å²) in [5.74, 6) is -3.83. The molecule has 2 aromatic rings. The Morgan fingerprint density at radius 2 is 1.82 bits per heavy atom. The Bertz CT molecular complexity index is 873.